The molecule has 110 valence electrons. The lowest BCUT2D eigenvalue weighted by molar-refractivity contribution is 0.157. The summed E-state index contributed by atoms with van der Waals surface area (Å²) >= 11 is 0. The number of halogens is 2. The third kappa shape index (κ3) is 2.60. The van der Waals surface area contributed by atoms with Gasteiger partial charge in [-0.25, -0.2) is 8.78 Å². The van der Waals surface area contributed by atoms with Crippen molar-refractivity contribution >= 4 is 0 Å². The molecular weight excluding hydrogens is 256 g/mol. The van der Waals surface area contributed by atoms with E-state index >= 15 is 0 Å². The number of nitrogens with one attached hydrogen (secondary N) is 1. The number of hydrogen-bond donors (Lipinski definition) is 1. The SMILES string of the molecule is CCNCC1(Cc2cc(F)cc(F)c2)CC2CCC1C2. The Morgan fingerprint density at radius 2 is 1.95 bits per heavy atom. The third-order valence-corrected chi connectivity index (χ3v) is 5.31. The van der Waals surface area contributed by atoms with Gasteiger partial charge in [-0.1, -0.05) is 13.3 Å². The fourth-order valence-electron chi connectivity index (χ4n) is 4.55. The van der Waals surface area contributed by atoms with E-state index in [0.717, 1.165) is 43.0 Å². The summed E-state index contributed by atoms with van der Waals surface area (Å²) in [6, 6.07) is 3.97. The molecular formula is C17H23F2N. The fraction of sp³-hybridized carbons (Fsp3) is 0.647. The molecule has 0 spiro atoms. The summed E-state index contributed by atoms with van der Waals surface area (Å²) < 4.78 is 26.8. The van der Waals surface area contributed by atoms with Gasteiger partial charge >= 0.3 is 0 Å². The maximum absolute atomic E-state index is 13.4. The topological polar surface area (TPSA) is 12.0 Å². The van der Waals surface area contributed by atoms with E-state index in [1.54, 1.807) is 0 Å². The molecule has 0 saturated heterocycles. The Hall–Kier alpha value is -0.960. The van der Waals surface area contributed by atoms with Crippen molar-refractivity contribution in [1.82, 2.24) is 5.32 Å². The van der Waals surface area contributed by atoms with Gasteiger partial charge < -0.3 is 5.32 Å². The highest BCUT2D eigenvalue weighted by atomic mass is 19.1. The van der Waals surface area contributed by atoms with Gasteiger partial charge in [0.2, 0.25) is 0 Å². The molecule has 2 fully saturated rings. The Bertz CT molecular complexity index is 468. The van der Waals surface area contributed by atoms with Crippen LogP contribution in [0.3, 0.4) is 0 Å². The summed E-state index contributed by atoms with van der Waals surface area (Å²) in [6.45, 7) is 4.04. The molecule has 3 rings (SSSR count). The van der Waals surface area contributed by atoms with E-state index in [9.17, 15) is 8.78 Å². The summed E-state index contributed by atoms with van der Waals surface area (Å²) in [7, 11) is 0. The largest absolute Gasteiger partial charge is 0.316 e. The Morgan fingerprint density at radius 3 is 2.50 bits per heavy atom. The first-order valence-electron chi connectivity index (χ1n) is 7.77. The van der Waals surface area contributed by atoms with Gasteiger partial charge in [0.05, 0.1) is 0 Å². The second-order valence-corrected chi connectivity index (χ2v) is 6.68. The van der Waals surface area contributed by atoms with E-state index < -0.39 is 11.6 Å². The van der Waals surface area contributed by atoms with E-state index in [1.807, 2.05) is 0 Å². The third-order valence-electron chi connectivity index (χ3n) is 5.31. The van der Waals surface area contributed by atoms with Crippen LogP contribution in [-0.2, 0) is 6.42 Å². The molecule has 2 aliphatic carbocycles. The summed E-state index contributed by atoms with van der Waals surface area (Å²) in [4.78, 5) is 0. The van der Waals surface area contributed by atoms with E-state index in [4.69, 9.17) is 0 Å². The summed E-state index contributed by atoms with van der Waals surface area (Å²) in [6.07, 6.45) is 5.95. The van der Waals surface area contributed by atoms with Crippen molar-refractivity contribution in [2.24, 2.45) is 17.3 Å². The molecule has 1 nitrogen and oxygen atoms in total. The van der Waals surface area contributed by atoms with Gasteiger partial charge in [0.1, 0.15) is 11.6 Å². The number of benzene rings is 1. The molecule has 3 atom stereocenters. The minimum Gasteiger partial charge on any atom is -0.316 e. The van der Waals surface area contributed by atoms with Crippen LogP contribution in [0.25, 0.3) is 0 Å². The van der Waals surface area contributed by atoms with Crippen LogP contribution in [0.5, 0.6) is 0 Å². The van der Waals surface area contributed by atoms with Gasteiger partial charge in [-0.05, 0) is 67.2 Å². The molecule has 1 aromatic rings. The lowest BCUT2D eigenvalue weighted by Crippen LogP contribution is -2.40. The van der Waals surface area contributed by atoms with Crippen molar-refractivity contribution in [2.75, 3.05) is 13.1 Å². The minimum absolute atomic E-state index is 0.208. The molecule has 3 heteroatoms. The lowest BCUT2D eigenvalue weighted by Gasteiger charge is -2.38. The Morgan fingerprint density at radius 1 is 1.20 bits per heavy atom. The van der Waals surface area contributed by atoms with E-state index in [0.29, 0.717) is 0 Å². The Labute approximate surface area is 119 Å². The average Bonchev–Trinajstić information content (AvgIpc) is 2.96. The minimum atomic E-state index is -0.457. The predicted octanol–water partition coefficient (Wildman–Crippen LogP) is 3.92. The van der Waals surface area contributed by atoms with Crippen LogP contribution in [0.1, 0.15) is 38.2 Å². The molecule has 1 N–H and O–H groups in total. The zero-order valence-electron chi connectivity index (χ0n) is 12.1. The highest BCUT2D eigenvalue weighted by molar-refractivity contribution is 5.21. The predicted molar refractivity (Wildman–Crippen MR) is 76.5 cm³/mol. The van der Waals surface area contributed by atoms with Crippen LogP contribution < -0.4 is 5.32 Å². The van der Waals surface area contributed by atoms with Gasteiger partial charge in [-0.3, -0.25) is 0 Å². The smallest absolute Gasteiger partial charge is 0.126 e. The van der Waals surface area contributed by atoms with Gasteiger partial charge in [-0.2, -0.15) is 0 Å². The molecule has 0 aromatic heterocycles. The molecule has 2 bridgehead atoms. The zero-order chi connectivity index (χ0) is 14.2. The van der Waals surface area contributed by atoms with Crippen molar-refractivity contribution in [2.45, 2.75) is 39.0 Å². The fourth-order valence-corrected chi connectivity index (χ4v) is 4.55. The quantitative estimate of drug-likeness (QED) is 0.861. The number of fused-ring (bicyclic) bond motifs is 2. The van der Waals surface area contributed by atoms with Crippen LogP contribution in [0.2, 0.25) is 0 Å². The van der Waals surface area contributed by atoms with Crippen molar-refractivity contribution in [3.8, 4) is 0 Å². The van der Waals surface area contributed by atoms with Gasteiger partial charge in [0.15, 0.2) is 0 Å². The first-order chi connectivity index (χ1) is 9.61. The van der Waals surface area contributed by atoms with Crippen LogP contribution in [0.15, 0.2) is 18.2 Å². The van der Waals surface area contributed by atoms with Gasteiger partial charge in [0.25, 0.3) is 0 Å². The second-order valence-electron chi connectivity index (χ2n) is 6.68. The molecule has 0 heterocycles. The molecule has 2 saturated carbocycles. The molecule has 0 amide bonds. The lowest BCUT2D eigenvalue weighted by atomic mass is 9.69. The molecule has 2 aliphatic rings. The summed E-state index contributed by atoms with van der Waals surface area (Å²) in [5.74, 6) is 0.637. The van der Waals surface area contributed by atoms with Crippen molar-refractivity contribution in [3.05, 3.63) is 35.4 Å². The maximum atomic E-state index is 13.4. The van der Waals surface area contributed by atoms with E-state index in [1.165, 1.54) is 37.8 Å². The van der Waals surface area contributed by atoms with Crippen LogP contribution in [0, 0.1) is 28.9 Å². The van der Waals surface area contributed by atoms with Crippen LogP contribution >= 0.6 is 0 Å². The molecule has 20 heavy (non-hydrogen) atoms. The normalized spacial score (nSPS) is 31.9. The molecule has 0 aliphatic heterocycles. The number of hydrogen-bond acceptors (Lipinski definition) is 1. The Kier molecular flexibility index (Phi) is 3.80. The highest BCUT2D eigenvalue weighted by Gasteiger charge is 2.50. The van der Waals surface area contributed by atoms with E-state index in [-0.39, 0.29) is 5.41 Å². The van der Waals surface area contributed by atoms with E-state index in [2.05, 4.69) is 12.2 Å². The highest BCUT2D eigenvalue weighted by Crippen LogP contribution is 2.57. The van der Waals surface area contributed by atoms with Crippen LogP contribution in [0.4, 0.5) is 8.78 Å². The summed E-state index contributed by atoms with van der Waals surface area (Å²) in [5, 5.41) is 3.48. The molecule has 3 unspecified atom stereocenters. The van der Waals surface area contributed by atoms with Crippen molar-refractivity contribution in [1.29, 1.82) is 0 Å². The van der Waals surface area contributed by atoms with Crippen LogP contribution in [-0.4, -0.2) is 13.1 Å². The van der Waals surface area contributed by atoms with Crippen molar-refractivity contribution < 1.29 is 8.78 Å². The molecule has 0 radical (unpaired) electrons. The first-order valence-corrected chi connectivity index (χ1v) is 7.77. The molecule has 1 aromatic carbocycles. The van der Waals surface area contributed by atoms with Gasteiger partial charge in [0, 0.05) is 12.6 Å². The van der Waals surface area contributed by atoms with Gasteiger partial charge in [-0.15, -0.1) is 0 Å². The number of rotatable bonds is 5. The summed E-state index contributed by atoms with van der Waals surface area (Å²) in [5.41, 5.74) is 1.02. The zero-order valence-corrected chi connectivity index (χ0v) is 12.1. The monoisotopic (exact) mass is 279 g/mol. The maximum Gasteiger partial charge on any atom is 0.126 e. The average molecular weight is 279 g/mol. The standard InChI is InChI=1S/C17H23F2N/c1-2-20-11-17(9-12-3-4-14(17)5-12)10-13-6-15(18)8-16(19)7-13/h6-8,12,14,20H,2-5,9-11H2,1H3. The Balaban J connectivity index is 1.83. The second kappa shape index (κ2) is 5.44. The first kappa shape index (κ1) is 14.0. The van der Waals surface area contributed by atoms with Crippen molar-refractivity contribution in [3.63, 3.8) is 0 Å².